The van der Waals surface area contributed by atoms with Gasteiger partial charge in [0.1, 0.15) is 5.75 Å². The van der Waals surface area contributed by atoms with Crippen molar-refractivity contribution in [1.82, 2.24) is 4.98 Å². The number of rotatable bonds is 3. The molecule has 0 saturated heterocycles. The molecular formula is C11H6BrClN2O3. The average Bonchev–Trinajstić information content (AvgIpc) is 2.33. The fourth-order valence-electron chi connectivity index (χ4n) is 1.25. The molecule has 1 aromatic carbocycles. The quantitative estimate of drug-likeness (QED) is 0.625. The first-order valence-corrected chi connectivity index (χ1v) is 5.97. The number of hydrogen-bond acceptors (Lipinski definition) is 4. The van der Waals surface area contributed by atoms with E-state index in [-0.39, 0.29) is 5.69 Å². The zero-order valence-electron chi connectivity index (χ0n) is 8.84. The number of benzene rings is 1. The Morgan fingerprint density at radius 3 is 2.83 bits per heavy atom. The predicted molar refractivity (Wildman–Crippen MR) is 70.1 cm³/mol. The number of non-ortho nitro benzene ring substituents is 1. The Hall–Kier alpha value is -1.66. The lowest BCUT2D eigenvalue weighted by molar-refractivity contribution is -0.384. The maximum Gasteiger partial charge on any atom is 0.273 e. The zero-order chi connectivity index (χ0) is 13.1. The number of aromatic nitrogens is 1. The minimum atomic E-state index is -0.489. The largest absolute Gasteiger partial charge is 0.438 e. The van der Waals surface area contributed by atoms with Crippen LogP contribution in [0.15, 0.2) is 41.0 Å². The third kappa shape index (κ3) is 2.96. The van der Waals surface area contributed by atoms with E-state index in [0.717, 1.165) is 0 Å². The summed E-state index contributed by atoms with van der Waals surface area (Å²) in [4.78, 5) is 14.1. The van der Waals surface area contributed by atoms with Gasteiger partial charge in [0, 0.05) is 12.3 Å². The fraction of sp³-hybridized carbons (Fsp3) is 0. The lowest BCUT2D eigenvalue weighted by Gasteiger charge is -2.06. The summed E-state index contributed by atoms with van der Waals surface area (Å²) in [7, 11) is 0. The Balaban J connectivity index is 2.28. The molecule has 18 heavy (non-hydrogen) atoms. The molecule has 0 N–H and O–H groups in total. The summed E-state index contributed by atoms with van der Waals surface area (Å²) in [6, 6.07) is 7.48. The van der Waals surface area contributed by atoms with E-state index >= 15 is 0 Å². The standard InChI is InChI=1S/C11H6BrClN2O3/c12-10-4-7(13)6-14-11(10)18-9-3-1-2-8(5-9)15(16)17/h1-6H. The van der Waals surface area contributed by atoms with Crippen LogP contribution in [-0.4, -0.2) is 9.91 Å². The van der Waals surface area contributed by atoms with E-state index in [4.69, 9.17) is 16.3 Å². The van der Waals surface area contributed by atoms with Gasteiger partial charge in [0.15, 0.2) is 0 Å². The highest BCUT2D eigenvalue weighted by Gasteiger charge is 2.09. The highest BCUT2D eigenvalue weighted by Crippen LogP contribution is 2.30. The van der Waals surface area contributed by atoms with Crippen LogP contribution in [0.3, 0.4) is 0 Å². The second-order valence-corrected chi connectivity index (χ2v) is 4.59. The van der Waals surface area contributed by atoms with Crippen LogP contribution in [0.5, 0.6) is 11.6 Å². The Labute approximate surface area is 116 Å². The van der Waals surface area contributed by atoms with Gasteiger partial charge < -0.3 is 4.74 Å². The van der Waals surface area contributed by atoms with Gasteiger partial charge in [-0.25, -0.2) is 4.98 Å². The molecule has 0 spiro atoms. The monoisotopic (exact) mass is 328 g/mol. The van der Waals surface area contributed by atoms with Gasteiger partial charge in [-0.15, -0.1) is 0 Å². The van der Waals surface area contributed by atoms with Crippen molar-refractivity contribution in [2.45, 2.75) is 0 Å². The third-order valence-corrected chi connectivity index (χ3v) is 2.79. The number of nitro groups is 1. The Morgan fingerprint density at radius 2 is 2.17 bits per heavy atom. The fourth-order valence-corrected chi connectivity index (χ4v) is 1.97. The molecule has 2 rings (SSSR count). The van der Waals surface area contributed by atoms with Crippen LogP contribution in [0.4, 0.5) is 5.69 Å². The van der Waals surface area contributed by atoms with Gasteiger partial charge in [0.25, 0.3) is 5.69 Å². The van der Waals surface area contributed by atoms with E-state index in [1.165, 1.54) is 24.4 Å². The van der Waals surface area contributed by atoms with E-state index in [1.807, 2.05) is 0 Å². The van der Waals surface area contributed by atoms with Crippen molar-refractivity contribution in [2.75, 3.05) is 0 Å². The molecule has 0 aliphatic rings. The third-order valence-electron chi connectivity index (χ3n) is 2.02. The molecule has 0 radical (unpaired) electrons. The molecule has 0 amide bonds. The topological polar surface area (TPSA) is 65.3 Å². The van der Waals surface area contributed by atoms with E-state index in [2.05, 4.69) is 20.9 Å². The molecule has 1 aromatic heterocycles. The molecule has 0 aliphatic heterocycles. The Bertz CT molecular complexity index is 607. The Morgan fingerprint density at radius 1 is 1.39 bits per heavy atom. The second-order valence-electron chi connectivity index (χ2n) is 3.30. The van der Waals surface area contributed by atoms with Crippen LogP contribution in [0.1, 0.15) is 0 Å². The number of nitrogens with zero attached hydrogens (tertiary/aromatic N) is 2. The van der Waals surface area contributed by atoms with Gasteiger partial charge in [0.2, 0.25) is 5.88 Å². The van der Waals surface area contributed by atoms with Crippen molar-refractivity contribution < 1.29 is 9.66 Å². The van der Waals surface area contributed by atoms with E-state index in [0.29, 0.717) is 21.1 Å². The van der Waals surface area contributed by atoms with Crippen LogP contribution in [0.25, 0.3) is 0 Å². The number of halogens is 2. The summed E-state index contributed by atoms with van der Waals surface area (Å²) in [6.07, 6.45) is 1.43. The van der Waals surface area contributed by atoms with Crippen molar-refractivity contribution >= 4 is 33.2 Å². The molecule has 5 nitrogen and oxygen atoms in total. The van der Waals surface area contributed by atoms with Crippen LogP contribution in [0.2, 0.25) is 5.02 Å². The van der Waals surface area contributed by atoms with Gasteiger partial charge in [-0.3, -0.25) is 10.1 Å². The summed E-state index contributed by atoms with van der Waals surface area (Å²) in [5.41, 5.74) is -0.0439. The van der Waals surface area contributed by atoms with E-state index < -0.39 is 4.92 Å². The molecular weight excluding hydrogens is 323 g/mol. The molecule has 0 bridgehead atoms. The van der Waals surface area contributed by atoms with Crippen LogP contribution in [-0.2, 0) is 0 Å². The zero-order valence-corrected chi connectivity index (χ0v) is 11.2. The number of nitro benzene ring substituents is 1. The summed E-state index contributed by atoms with van der Waals surface area (Å²) in [5, 5.41) is 11.1. The summed E-state index contributed by atoms with van der Waals surface area (Å²) >= 11 is 9.00. The highest BCUT2D eigenvalue weighted by atomic mass is 79.9. The van der Waals surface area contributed by atoms with Gasteiger partial charge in [0.05, 0.1) is 20.5 Å². The lowest BCUT2D eigenvalue weighted by atomic mass is 10.3. The molecule has 7 heteroatoms. The van der Waals surface area contributed by atoms with Crippen molar-refractivity contribution in [3.05, 3.63) is 56.1 Å². The molecule has 0 atom stereocenters. The Kier molecular flexibility index (Phi) is 3.78. The van der Waals surface area contributed by atoms with Gasteiger partial charge in [-0.1, -0.05) is 17.7 Å². The van der Waals surface area contributed by atoms with Gasteiger partial charge in [-0.2, -0.15) is 0 Å². The SMILES string of the molecule is O=[N+]([O-])c1cccc(Oc2ncc(Cl)cc2Br)c1. The molecule has 92 valence electrons. The molecule has 0 fully saturated rings. The predicted octanol–water partition coefficient (Wildman–Crippen LogP) is 4.20. The van der Waals surface area contributed by atoms with E-state index in [1.54, 1.807) is 12.1 Å². The smallest absolute Gasteiger partial charge is 0.273 e. The maximum absolute atomic E-state index is 10.6. The first-order chi connectivity index (χ1) is 8.56. The highest BCUT2D eigenvalue weighted by molar-refractivity contribution is 9.10. The summed E-state index contributed by atoms with van der Waals surface area (Å²) in [5.74, 6) is 0.625. The van der Waals surface area contributed by atoms with Gasteiger partial charge in [-0.05, 0) is 28.1 Å². The van der Waals surface area contributed by atoms with Crippen molar-refractivity contribution in [3.8, 4) is 11.6 Å². The van der Waals surface area contributed by atoms with Crippen molar-refractivity contribution in [1.29, 1.82) is 0 Å². The van der Waals surface area contributed by atoms with E-state index in [9.17, 15) is 10.1 Å². The van der Waals surface area contributed by atoms with Crippen LogP contribution >= 0.6 is 27.5 Å². The van der Waals surface area contributed by atoms with Gasteiger partial charge >= 0.3 is 0 Å². The molecule has 1 heterocycles. The molecule has 0 saturated carbocycles. The molecule has 2 aromatic rings. The molecule has 0 aliphatic carbocycles. The molecule has 0 unspecified atom stereocenters. The second kappa shape index (κ2) is 5.32. The number of pyridine rings is 1. The number of ether oxygens (including phenoxy) is 1. The van der Waals surface area contributed by atoms with Crippen LogP contribution in [0, 0.1) is 10.1 Å². The van der Waals surface area contributed by atoms with Crippen molar-refractivity contribution in [3.63, 3.8) is 0 Å². The normalized spacial score (nSPS) is 10.1. The minimum Gasteiger partial charge on any atom is -0.438 e. The first kappa shape index (κ1) is 12.8. The summed E-state index contributed by atoms with van der Waals surface area (Å²) < 4.78 is 6.00. The van der Waals surface area contributed by atoms with Crippen molar-refractivity contribution in [2.24, 2.45) is 0 Å². The average molecular weight is 330 g/mol. The van der Waals surface area contributed by atoms with Crippen LogP contribution < -0.4 is 4.74 Å². The lowest BCUT2D eigenvalue weighted by Crippen LogP contribution is -1.91. The first-order valence-electron chi connectivity index (χ1n) is 4.79. The summed E-state index contributed by atoms with van der Waals surface area (Å²) in [6.45, 7) is 0. The maximum atomic E-state index is 10.6. The number of hydrogen-bond donors (Lipinski definition) is 0. The minimum absolute atomic E-state index is 0.0439.